The number of fused-ring (bicyclic) bond motifs is 1. The highest BCUT2D eigenvalue weighted by molar-refractivity contribution is 5.83. The van der Waals surface area contributed by atoms with E-state index >= 15 is 0 Å². The predicted molar refractivity (Wildman–Crippen MR) is 97.0 cm³/mol. The summed E-state index contributed by atoms with van der Waals surface area (Å²) >= 11 is 0. The molecule has 2 amide bonds. The van der Waals surface area contributed by atoms with E-state index in [-0.39, 0.29) is 17.2 Å². The van der Waals surface area contributed by atoms with Crippen molar-refractivity contribution in [2.24, 2.45) is 5.41 Å². The van der Waals surface area contributed by atoms with Gasteiger partial charge in [-0.1, -0.05) is 26.8 Å². The third kappa shape index (κ3) is 4.00. The van der Waals surface area contributed by atoms with Crippen LogP contribution in [0.1, 0.15) is 32.8 Å². The summed E-state index contributed by atoms with van der Waals surface area (Å²) in [5.41, 5.74) is 2.46. The molecule has 1 aliphatic heterocycles. The molecule has 1 aliphatic rings. The number of amides is 2. The predicted octanol–water partition coefficient (Wildman–Crippen LogP) is 2.21. The number of hydrogen-bond acceptors (Lipinski definition) is 3. The van der Waals surface area contributed by atoms with E-state index in [9.17, 15) is 9.59 Å². The van der Waals surface area contributed by atoms with E-state index < -0.39 is 0 Å². The maximum atomic E-state index is 12.7. The molecule has 134 valence electrons. The van der Waals surface area contributed by atoms with Crippen LogP contribution in [0.5, 0.6) is 0 Å². The van der Waals surface area contributed by atoms with E-state index in [1.54, 1.807) is 6.33 Å². The van der Waals surface area contributed by atoms with Crippen LogP contribution in [-0.4, -0.2) is 57.8 Å². The van der Waals surface area contributed by atoms with Crippen LogP contribution in [0.4, 0.5) is 0 Å². The Kier molecular flexibility index (Phi) is 4.79. The van der Waals surface area contributed by atoms with Gasteiger partial charge in [0.1, 0.15) is 0 Å². The summed E-state index contributed by atoms with van der Waals surface area (Å²) in [5, 5.41) is 0. The van der Waals surface area contributed by atoms with Crippen LogP contribution in [0.3, 0.4) is 0 Å². The number of H-pyrrole nitrogens is 1. The summed E-state index contributed by atoms with van der Waals surface area (Å²) in [6.07, 6.45) is 2.86. The van der Waals surface area contributed by atoms with E-state index in [0.29, 0.717) is 26.1 Å². The minimum absolute atomic E-state index is 0.115. The summed E-state index contributed by atoms with van der Waals surface area (Å²) in [4.78, 5) is 36.2. The number of aromatic nitrogens is 2. The molecule has 6 heteroatoms. The zero-order valence-electron chi connectivity index (χ0n) is 15.2. The summed E-state index contributed by atoms with van der Waals surface area (Å²) < 4.78 is 0. The van der Waals surface area contributed by atoms with Gasteiger partial charge in [-0.25, -0.2) is 4.98 Å². The zero-order valence-corrected chi connectivity index (χ0v) is 15.2. The Morgan fingerprint density at radius 3 is 2.60 bits per heavy atom. The van der Waals surface area contributed by atoms with Gasteiger partial charge in [0.2, 0.25) is 11.8 Å². The second-order valence-electron chi connectivity index (χ2n) is 7.71. The van der Waals surface area contributed by atoms with Crippen LogP contribution in [0.2, 0.25) is 0 Å². The van der Waals surface area contributed by atoms with Gasteiger partial charge >= 0.3 is 0 Å². The summed E-state index contributed by atoms with van der Waals surface area (Å²) in [6.45, 7) is 8.46. The summed E-state index contributed by atoms with van der Waals surface area (Å²) in [5.74, 6) is 0.274. The number of nitrogens with zero attached hydrogens (tertiary/aromatic N) is 3. The van der Waals surface area contributed by atoms with Gasteiger partial charge < -0.3 is 14.8 Å². The average Bonchev–Trinajstić information content (AvgIpc) is 2.87. The van der Waals surface area contributed by atoms with Crippen molar-refractivity contribution in [2.45, 2.75) is 33.6 Å². The quantitative estimate of drug-likeness (QED) is 0.910. The smallest absolute Gasteiger partial charge is 0.228 e. The maximum absolute atomic E-state index is 12.7. The number of carbonyl (C=O) groups is 2. The van der Waals surface area contributed by atoms with Crippen molar-refractivity contribution in [1.29, 1.82) is 0 Å². The molecule has 0 spiro atoms. The second-order valence-corrected chi connectivity index (χ2v) is 7.71. The lowest BCUT2D eigenvalue weighted by Crippen LogP contribution is -2.42. The molecule has 0 saturated carbocycles. The largest absolute Gasteiger partial charge is 0.345 e. The number of benzene rings is 1. The third-order valence-electron chi connectivity index (χ3n) is 4.62. The molecule has 0 radical (unpaired) electrons. The van der Waals surface area contributed by atoms with E-state index in [4.69, 9.17) is 0 Å². The van der Waals surface area contributed by atoms with E-state index in [2.05, 4.69) is 9.97 Å². The molecule has 1 aromatic heterocycles. The van der Waals surface area contributed by atoms with Gasteiger partial charge in [0, 0.05) is 31.6 Å². The van der Waals surface area contributed by atoms with E-state index in [0.717, 1.165) is 29.6 Å². The Labute approximate surface area is 148 Å². The number of aromatic amines is 1. The van der Waals surface area contributed by atoms with Crippen molar-refractivity contribution in [1.82, 2.24) is 19.8 Å². The van der Waals surface area contributed by atoms with Gasteiger partial charge in [0.15, 0.2) is 0 Å². The van der Waals surface area contributed by atoms with Gasteiger partial charge in [-0.05, 0) is 24.1 Å². The molecule has 0 atom stereocenters. The first-order valence-electron chi connectivity index (χ1n) is 8.84. The van der Waals surface area contributed by atoms with Crippen molar-refractivity contribution in [2.75, 3.05) is 26.2 Å². The average molecular weight is 342 g/mol. The molecule has 1 fully saturated rings. The van der Waals surface area contributed by atoms with Crippen LogP contribution >= 0.6 is 0 Å². The third-order valence-corrected chi connectivity index (χ3v) is 4.62. The number of nitrogens with one attached hydrogen (secondary N) is 1. The molecule has 1 aromatic carbocycles. The van der Waals surface area contributed by atoms with Gasteiger partial charge in [-0.15, -0.1) is 0 Å². The van der Waals surface area contributed by atoms with Crippen molar-refractivity contribution in [3.8, 4) is 0 Å². The highest BCUT2D eigenvalue weighted by Gasteiger charge is 2.29. The molecule has 0 unspecified atom stereocenters. The standard InChI is InChI=1S/C19H26N4O2/c1-19(2,3)18(25)23-8-4-7-22(9-10-23)17(24)12-14-5-6-15-16(11-14)21-13-20-15/h5-6,11,13H,4,7-10,12H2,1-3H3,(H,20,21). The normalized spacial score (nSPS) is 16.1. The molecule has 3 rings (SSSR count). The molecule has 0 bridgehead atoms. The topological polar surface area (TPSA) is 69.3 Å². The van der Waals surface area contributed by atoms with Gasteiger partial charge in [0.05, 0.1) is 23.8 Å². The Morgan fingerprint density at radius 1 is 1.12 bits per heavy atom. The first-order chi connectivity index (χ1) is 11.8. The van der Waals surface area contributed by atoms with E-state index in [1.165, 1.54) is 0 Å². The van der Waals surface area contributed by atoms with Crippen LogP contribution in [0.15, 0.2) is 24.5 Å². The minimum atomic E-state index is -0.376. The second kappa shape index (κ2) is 6.86. The fourth-order valence-corrected chi connectivity index (χ4v) is 3.22. The highest BCUT2D eigenvalue weighted by Crippen LogP contribution is 2.19. The minimum Gasteiger partial charge on any atom is -0.345 e. The lowest BCUT2D eigenvalue weighted by Gasteiger charge is -2.28. The Morgan fingerprint density at radius 2 is 1.84 bits per heavy atom. The highest BCUT2D eigenvalue weighted by atomic mass is 16.2. The Bertz CT molecular complexity index is 775. The van der Waals surface area contributed by atoms with Gasteiger partial charge in [-0.3, -0.25) is 9.59 Å². The number of carbonyl (C=O) groups excluding carboxylic acids is 2. The van der Waals surface area contributed by atoms with Crippen LogP contribution < -0.4 is 0 Å². The zero-order chi connectivity index (χ0) is 18.0. The molecule has 2 heterocycles. The van der Waals surface area contributed by atoms with Crippen LogP contribution in [0, 0.1) is 5.41 Å². The first kappa shape index (κ1) is 17.5. The van der Waals surface area contributed by atoms with Crippen LogP contribution in [0.25, 0.3) is 11.0 Å². The molecule has 1 N–H and O–H groups in total. The maximum Gasteiger partial charge on any atom is 0.228 e. The lowest BCUT2D eigenvalue weighted by molar-refractivity contribution is -0.139. The van der Waals surface area contributed by atoms with Crippen molar-refractivity contribution >= 4 is 22.8 Å². The van der Waals surface area contributed by atoms with Crippen molar-refractivity contribution < 1.29 is 9.59 Å². The van der Waals surface area contributed by atoms with Gasteiger partial charge in [-0.2, -0.15) is 0 Å². The Hall–Kier alpha value is -2.37. The van der Waals surface area contributed by atoms with Crippen molar-refractivity contribution in [3.63, 3.8) is 0 Å². The molecule has 0 aliphatic carbocycles. The van der Waals surface area contributed by atoms with Gasteiger partial charge in [0.25, 0.3) is 0 Å². The van der Waals surface area contributed by atoms with E-state index in [1.807, 2.05) is 48.8 Å². The number of imidazole rings is 1. The fourth-order valence-electron chi connectivity index (χ4n) is 3.22. The number of rotatable bonds is 2. The molecule has 2 aromatic rings. The molecule has 1 saturated heterocycles. The Balaban J connectivity index is 1.62. The van der Waals surface area contributed by atoms with Crippen molar-refractivity contribution in [3.05, 3.63) is 30.1 Å². The fraction of sp³-hybridized carbons (Fsp3) is 0.526. The lowest BCUT2D eigenvalue weighted by atomic mass is 9.94. The molecule has 25 heavy (non-hydrogen) atoms. The molecular weight excluding hydrogens is 316 g/mol. The molecular formula is C19H26N4O2. The summed E-state index contributed by atoms with van der Waals surface area (Å²) in [7, 11) is 0. The first-order valence-corrected chi connectivity index (χ1v) is 8.84. The molecule has 6 nitrogen and oxygen atoms in total. The number of hydrogen-bond donors (Lipinski definition) is 1. The summed E-state index contributed by atoms with van der Waals surface area (Å²) in [6, 6.07) is 5.86. The van der Waals surface area contributed by atoms with Crippen LogP contribution in [-0.2, 0) is 16.0 Å². The monoisotopic (exact) mass is 342 g/mol. The SMILES string of the molecule is CC(C)(C)C(=O)N1CCCN(C(=O)Cc2ccc3nc[nH]c3c2)CC1.